The zero-order valence-electron chi connectivity index (χ0n) is 10.4. The number of rotatable bonds is 5. The lowest BCUT2D eigenvalue weighted by Gasteiger charge is -2.12. The summed E-state index contributed by atoms with van der Waals surface area (Å²) in [5.74, 6) is -2.50. The van der Waals surface area contributed by atoms with Gasteiger partial charge < -0.3 is 4.74 Å². The second kappa shape index (κ2) is 6.54. The molecule has 0 aliphatic rings. The summed E-state index contributed by atoms with van der Waals surface area (Å²) >= 11 is 0. The van der Waals surface area contributed by atoms with Gasteiger partial charge in [0.25, 0.3) is 0 Å². The van der Waals surface area contributed by atoms with E-state index in [0.717, 1.165) is 25.0 Å². The number of alkyl halides is 3. The lowest BCUT2D eigenvalue weighted by molar-refractivity contribution is -0.138. The van der Waals surface area contributed by atoms with E-state index in [2.05, 4.69) is 4.74 Å². The summed E-state index contributed by atoms with van der Waals surface area (Å²) in [5, 5.41) is 0. The Morgan fingerprint density at radius 1 is 1.26 bits per heavy atom. The molecule has 1 aromatic rings. The summed E-state index contributed by atoms with van der Waals surface area (Å²) in [7, 11) is 0. The molecular weight excluding hydrogens is 264 g/mol. The molecule has 0 bridgehead atoms. The molecule has 0 unspecified atom stereocenters. The number of hydrogen-bond acceptors (Lipinski definition) is 2. The quantitative estimate of drug-likeness (QED) is 0.458. The highest BCUT2D eigenvalue weighted by atomic mass is 19.4. The molecule has 0 aliphatic carbocycles. The highest BCUT2D eigenvalue weighted by Gasteiger charge is 2.37. The molecule has 19 heavy (non-hydrogen) atoms. The van der Waals surface area contributed by atoms with E-state index in [1.165, 1.54) is 0 Å². The summed E-state index contributed by atoms with van der Waals surface area (Å²) < 4.78 is 56.0. The molecular formula is C13H14F4O2. The number of esters is 1. The predicted molar refractivity (Wildman–Crippen MR) is 61.2 cm³/mol. The molecule has 1 rings (SSSR count). The average Bonchev–Trinajstić information content (AvgIpc) is 2.33. The van der Waals surface area contributed by atoms with Gasteiger partial charge in [0.15, 0.2) is 0 Å². The van der Waals surface area contributed by atoms with E-state index in [9.17, 15) is 22.4 Å². The van der Waals surface area contributed by atoms with Crippen LogP contribution < -0.4 is 0 Å². The van der Waals surface area contributed by atoms with Crippen LogP contribution in [0.5, 0.6) is 0 Å². The van der Waals surface area contributed by atoms with Crippen LogP contribution in [0.1, 0.15) is 42.1 Å². The Morgan fingerprint density at radius 2 is 1.95 bits per heavy atom. The summed E-state index contributed by atoms with van der Waals surface area (Å²) in [6.07, 6.45) is -2.58. The minimum atomic E-state index is -4.79. The molecule has 2 nitrogen and oxygen atoms in total. The van der Waals surface area contributed by atoms with E-state index < -0.39 is 29.1 Å². The van der Waals surface area contributed by atoms with Crippen molar-refractivity contribution in [1.82, 2.24) is 0 Å². The van der Waals surface area contributed by atoms with Crippen molar-refractivity contribution >= 4 is 5.97 Å². The largest absolute Gasteiger partial charge is 0.462 e. The van der Waals surface area contributed by atoms with E-state index in [1.807, 2.05) is 6.92 Å². The van der Waals surface area contributed by atoms with E-state index in [4.69, 9.17) is 0 Å². The molecule has 0 spiro atoms. The Morgan fingerprint density at radius 3 is 2.53 bits per heavy atom. The number of ether oxygens (including phenoxy) is 1. The molecule has 0 N–H and O–H groups in total. The van der Waals surface area contributed by atoms with Crippen LogP contribution in [-0.4, -0.2) is 12.6 Å². The zero-order valence-corrected chi connectivity index (χ0v) is 10.4. The fourth-order valence-electron chi connectivity index (χ4n) is 1.56. The number of carbonyl (C=O) groups excluding carboxylic acids is 1. The van der Waals surface area contributed by atoms with Gasteiger partial charge in [-0.05, 0) is 18.6 Å². The van der Waals surface area contributed by atoms with Crippen molar-refractivity contribution in [3.63, 3.8) is 0 Å². The maximum Gasteiger partial charge on any atom is 0.417 e. The number of hydrogen-bond donors (Lipinski definition) is 0. The fourth-order valence-corrected chi connectivity index (χ4v) is 1.56. The molecule has 106 valence electrons. The van der Waals surface area contributed by atoms with Gasteiger partial charge in [0.05, 0.1) is 12.2 Å². The van der Waals surface area contributed by atoms with Crippen molar-refractivity contribution in [2.75, 3.05) is 6.61 Å². The first-order chi connectivity index (χ1) is 8.88. The SMILES string of the molecule is CCCCCOC(=O)c1c(F)cccc1C(F)(F)F. The molecule has 0 heterocycles. The van der Waals surface area contributed by atoms with E-state index in [-0.39, 0.29) is 6.61 Å². The molecule has 0 radical (unpaired) electrons. The number of carbonyl (C=O) groups is 1. The Balaban J connectivity index is 2.90. The van der Waals surface area contributed by atoms with E-state index in [0.29, 0.717) is 12.5 Å². The summed E-state index contributed by atoms with van der Waals surface area (Å²) in [5.41, 5.74) is -2.36. The smallest absolute Gasteiger partial charge is 0.417 e. The molecule has 0 saturated carbocycles. The Kier molecular flexibility index (Phi) is 5.32. The molecule has 0 aliphatic heterocycles. The number of benzene rings is 1. The Labute approximate surface area is 108 Å². The van der Waals surface area contributed by atoms with Crippen LogP contribution in [0.2, 0.25) is 0 Å². The van der Waals surface area contributed by atoms with Gasteiger partial charge in [-0.2, -0.15) is 13.2 Å². The van der Waals surface area contributed by atoms with Crippen molar-refractivity contribution in [3.8, 4) is 0 Å². The van der Waals surface area contributed by atoms with Crippen LogP contribution in [0, 0.1) is 5.82 Å². The lowest BCUT2D eigenvalue weighted by Crippen LogP contribution is -2.17. The van der Waals surface area contributed by atoms with E-state index in [1.54, 1.807) is 0 Å². The maximum atomic E-state index is 13.4. The van der Waals surface area contributed by atoms with Gasteiger partial charge in [0.2, 0.25) is 0 Å². The third kappa shape index (κ3) is 4.22. The maximum absolute atomic E-state index is 13.4. The summed E-state index contributed by atoms with van der Waals surface area (Å²) in [6, 6.07) is 2.37. The van der Waals surface area contributed by atoms with Crippen LogP contribution in [0.25, 0.3) is 0 Å². The van der Waals surface area contributed by atoms with Gasteiger partial charge in [-0.15, -0.1) is 0 Å². The normalized spacial score (nSPS) is 11.4. The van der Waals surface area contributed by atoms with Crippen molar-refractivity contribution in [1.29, 1.82) is 0 Å². The molecule has 0 aromatic heterocycles. The summed E-state index contributed by atoms with van der Waals surface area (Å²) in [6.45, 7) is 1.92. The zero-order chi connectivity index (χ0) is 14.5. The van der Waals surface area contributed by atoms with Crippen molar-refractivity contribution in [2.45, 2.75) is 32.4 Å². The Bertz CT molecular complexity index is 441. The second-order valence-corrected chi connectivity index (χ2v) is 4.00. The monoisotopic (exact) mass is 278 g/mol. The van der Waals surface area contributed by atoms with Gasteiger partial charge in [-0.25, -0.2) is 9.18 Å². The standard InChI is InChI=1S/C13H14F4O2/c1-2-3-4-8-19-12(18)11-9(13(15,16)17)6-5-7-10(11)14/h5-7H,2-4,8H2,1H3. The molecule has 0 saturated heterocycles. The highest BCUT2D eigenvalue weighted by molar-refractivity contribution is 5.91. The third-order valence-corrected chi connectivity index (χ3v) is 2.50. The first kappa shape index (κ1) is 15.5. The highest BCUT2D eigenvalue weighted by Crippen LogP contribution is 2.33. The molecule has 0 fully saturated rings. The second-order valence-electron chi connectivity index (χ2n) is 4.00. The van der Waals surface area contributed by atoms with Gasteiger partial charge >= 0.3 is 12.1 Å². The minimum Gasteiger partial charge on any atom is -0.462 e. The van der Waals surface area contributed by atoms with Crippen molar-refractivity contribution in [3.05, 3.63) is 35.1 Å². The number of unbranched alkanes of at least 4 members (excludes halogenated alkanes) is 2. The molecule has 1 aromatic carbocycles. The molecule has 0 atom stereocenters. The predicted octanol–water partition coefficient (Wildman–Crippen LogP) is 4.19. The summed E-state index contributed by atoms with van der Waals surface area (Å²) in [4.78, 5) is 11.5. The van der Waals surface area contributed by atoms with Gasteiger partial charge in [0.1, 0.15) is 11.4 Å². The first-order valence-corrected chi connectivity index (χ1v) is 5.90. The average molecular weight is 278 g/mol. The topological polar surface area (TPSA) is 26.3 Å². The van der Waals surface area contributed by atoms with Gasteiger partial charge in [-0.1, -0.05) is 25.8 Å². The van der Waals surface area contributed by atoms with Crippen LogP contribution in [0.15, 0.2) is 18.2 Å². The van der Waals surface area contributed by atoms with Crippen LogP contribution >= 0.6 is 0 Å². The number of halogens is 4. The van der Waals surface area contributed by atoms with Crippen LogP contribution in [0.4, 0.5) is 17.6 Å². The third-order valence-electron chi connectivity index (χ3n) is 2.50. The molecule has 0 amide bonds. The van der Waals surface area contributed by atoms with Gasteiger partial charge in [0, 0.05) is 0 Å². The first-order valence-electron chi connectivity index (χ1n) is 5.90. The fraction of sp³-hybridized carbons (Fsp3) is 0.462. The van der Waals surface area contributed by atoms with Gasteiger partial charge in [-0.3, -0.25) is 0 Å². The van der Waals surface area contributed by atoms with E-state index >= 15 is 0 Å². The van der Waals surface area contributed by atoms with Crippen molar-refractivity contribution in [2.24, 2.45) is 0 Å². The van der Waals surface area contributed by atoms with Crippen LogP contribution in [0.3, 0.4) is 0 Å². The molecule has 6 heteroatoms. The van der Waals surface area contributed by atoms with Crippen LogP contribution in [-0.2, 0) is 10.9 Å². The Hall–Kier alpha value is -1.59. The minimum absolute atomic E-state index is 0.0156. The lowest BCUT2D eigenvalue weighted by atomic mass is 10.1. The van der Waals surface area contributed by atoms with Crippen molar-refractivity contribution < 1.29 is 27.1 Å².